The Morgan fingerprint density at radius 1 is 1.56 bits per heavy atom. The zero-order valence-corrected chi connectivity index (χ0v) is 9.40. The Bertz CT molecular complexity index is 325. The number of rotatable bonds is 5. The second kappa shape index (κ2) is 6.66. The third-order valence-electron chi connectivity index (χ3n) is 2.02. The van der Waals surface area contributed by atoms with Gasteiger partial charge in [0.1, 0.15) is 5.82 Å². The van der Waals surface area contributed by atoms with Crippen LogP contribution in [0.3, 0.4) is 0 Å². The Morgan fingerprint density at radius 3 is 3.00 bits per heavy atom. The molecule has 1 aromatic heterocycles. The van der Waals surface area contributed by atoms with Gasteiger partial charge < -0.3 is 15.8 Å². The Balaban J connectivity index is 2.23. The first kappa shape index (κ1) is 12.3. The van der Waals surface area contributed by atoms with Crippen molar-refractivity contribution in [2.75, 3.05) is 12.3 Å². The number of nitrogens with one attached hydrogen (secondary N) is 1. The van der Waals surface area contributed by atoms with E-state index in [4.69, 9.17) is 10.5 Å². The summed E-state index contributed by atoms with van der Waals surface area (Å²) in [5, 5.41) is 2.64. The summed E-state index contributed by atoms with van der Waals surface area (Å²) >= 11 is 0. The Morgan fingerprint density at radius 2 is 2.38 bits per heavy atom. The van der Waals surface area contributed by atoms with Gasteiger partial charge >= 0.3 is 6.09 Å². The summed E-state index contributed by atoms with van der Waals surface area (Å²) in [6, 6.07) is 3.51. The highest BCUT2D eigenvalue weighted by Gasteiger charge is 2.01. The van der Waals surface area contributed by atoms with Gasteiger partial charge in [-0.15, -0.1) is 0 Å². The zero-order valence-electron chi connectivity index (χ0n) is 9.40. The molecule has 0 aromatic carbocycles. The van der Waals surface area contributed by atoms with Gasteiger partial charge in [-0.2, -0.15) is 0 Å². The molecule has 3 N–H and O–H groups in total. The van der Waals surface area contributed by atoms with Crippen LogP contribution in [-0.4, -0.2) is 17.7 Å². The fourth-order valence-electron chi connectivity index (χ4n) is 1.07. The van der Waals surface area contributed by atoms with Gasteiger partial charge in [0.15, 0.2) is 0 Å². The van der Waals surface area contributed by atoms with Crippen molar-refractivity contribution in [2.24, 2.45) is 0 Å². The molecule has 0 saturated heterocycles. The minimum atomic E-state index is -0.398. The van der Waals surface area contributed by atoms with Crippen molar-refractivity contribution in [2.45, 2.75) is 26.3 Å². The number of nitrogen functional groups attached to an aromatic ring is 1. The molecule has 5 nitrogen and oxygen atoms in total. The molecule has 0 radical (unpaired) electrons. The molecule has 0 aliphatic heterocycles. The summed E-state index contributed by atoms with van der Waals surface area (Å²) in [5.41, 5.74) is 6.33. The monoisotopic (exact) mass is 223 g/mol. The van der Waals surface area contributed by atoms with Crippen molar-refractivity contribution < 1.29 is 9.53 Å². The number of hydrogen-bond donors (Lipinski definition) is 2. The highest BCUT2D eigenvalue weighted by molar-refractivity contribution is 5.67. The van der Waals surface area contributed by atoms with E-state index in [-0.39, 0.29) is 0 Å². The first-order valence-electron chi connectivity index (χ1n) is 5.33. The Hall–Kier alpha value is -1.78. The molecule has 0 fully saturated rings. The number of carbonyl (C=O) groups excluding carboxylic acids is 1. The van der Waals surface area contributed by atoms with E-state index in [1.165, 1.54) is 0 Å². The van der Waals surface area contributed by atoms with Crippen molar-refractivity contribution >= 4 is 11.9 Å². The molecule has 16 heavy (non-hydrogen) atoms. The van der Waals surface area contributed by atoms with Crippen LogP contribution in [0.25, 0.3) is 0 Å². The zero-order chi connectivity index (χ0) is 11.8. The number of aromatic nitrogens is 1. The van der Waals surface area contributed by atoms with E-state index >= 15 is 0 Å². The Kier molecular flexibility index (Phi) is 5.11. The van der Waals surface area contributed by atoms with E-state index in [9.17, 15) is 4.79 Å². The van der Waals surface area contributed by atoms with E-state index in [0.717, 1.165) is 18.4 Å². The molecule has 0 spiro atoms. The first-order valence-corrected chi connectivity index (χ1v) is 5.33. The molecule has 0 atom stereocenters. The van der Waals surface area contributed by atoms with E-state index in [1.54, 1.807) is 12.3 Å². The van der Waals surface area contributed by atoms with E-state index in [1.807, 2.05) is 13.0 Å². The molecular formula is C11H17N3O2. The van der Waals surface area contributed by atoms with E-state index in [2.05, 4.69) is 10.3 Å². The lowest BCUT2D eigenvalue weighted by atomic mass is 10.3. The molecule has 1 heterocycles. The summed E-state index contributed by atoms with van der Waals surface area (Å²) < 4.78 is 4.93. The molecule has 1 rings (SSSR count). The lowest BCUT2D eigenvalue weighted by molar-refractivity contribution is 0.144. The molecule has 1 aromatic rings. The predicted molar refractivity (Wildman–Crippen MR) is 61.7 cm³/mol. The van der Waals surface area contributed by atoms with Gasteiger partial charge in [0.2, 0.25) is 0 Å². The molecule has 1 amide bonds. The van der Waals surface area contributed by atoms with Crippen LogP contribution in [-0.2, 0) is 11.3 Å². The molecule has 0 bridgehead atoms. The van der Waals surface area contributed by atoms with Gasteiger partial charge in [0.05, 0.1) is 6.61 Å². The molecule has 0 aliphatic rings. The lowest BCUT2D eigenvalue weighted by Crippen LogP contribution is -2.24. The Labute approximate surface area is 95.0 Å². The maximum Gasteiger partial charge on any atom is 0.407 e. The number of nitrogens with zero attached hydrogens (tertiary/aromatic N) is 1. The van der Waals surface area contributed by atoms with Gasteiger partial charge in [-0.25, -0.2) is 9.78 Å². The number of ether oxygens (including phenoxy) is 1. The summed E-state index contributed by atoms with van der Waals surface area (Å²) in [7, 11) is 0. The minimum Gasteiger partial charge on any atom is -0.450 e. The second-order valence-corrected chi connectivity index (χ2v) is 3.43. The maximum absolute atomic E-state index is 11.2. The van der Waals surface area contributed by atoms with E-state index < -0.39 is 6.09 Å². The molecular weight excluding hydrogens is 206 g/mol. The van der Waals surface area contributed by atoms with Crippen LogP contribution in [0, 0.1) is 0 Å². The van der Waals surface area contributed by atoms with Gasteiger partial charge in [-0.3, -0.25) is 0 Å². The number of anilines is 1. The average Bonchev–Trinajstić information content (AvgIpc) is 2.29. The fourth-order valence-corrected chi connectivity index (χ4v) is 1.07. The number of pyridine rings is 1. The van der Waals surface area contributed by atoms with Crippen molar-refractivity contribution in [3.8, 4) is 0 Å². The highest BCUT2D eigenvalue weighted by atomic mass is 16.5. The highest BCUT2D eigenvalue weighted by Crippen LogP contribution is 2.00. The molecule has 5 heteroatoms. The standard InChI is InChI=1S/C11H17N3O2/c1-2-3-6-16-11(15)14-8-9-4-5-10(12)13-7-9/h4-5,7H,2-3,6,8H2,1H3,(H2,12,13)(H,14,15). The third-order valence-corrected chi connectivity index (χ3v) is 2.02. The summed E-state index contributed by atoms with van der Waals surface area (Å²) in [4.78, 5) is 15.1. The number of hydrogen-bond acceptors (Lipinski definition) is 4. The quantitative estimate of drug-likeness (QED) is 0.745. The lowest BCUT2D eigenvalue weighted by Gasteiger charge is -2.06. The normalized spacial score (nSPS) is 9.81. The van der Waals surface area contributed by atoms with Crippen molar-refractivity contribution in [1.82, 2.24) is 10.3 Å². The van der Waals surface area contributed by atoms with Crippen LogP contribution in [0.1, 0.15) is 25.3 Å². The minimum absolute atomic E-state index is 0.398. The number of nitrogens with two attached hydrogens (primary N) is 1. The number of unbranched alkanes of at least 4 members (excludes halogenated alkanes) is 1. The maximum atomic E-state index is 11.2. The fraction of sp³-hybridized carbons (Fsp3) is 0.455. The number of amides is 1. The van der Waals surface area contributed by atoms with Gasteiger partial charge in [0, 0.05) is 12.7 Å². The van der Waals surface area contributed by atoms with Crippen molar-refractivity contribution in [1.29, 1.82) is 0 Å². The smallest absolute Gasteiger partial charge is 0.407 e. The molecule has 0 unspecified atom stereocenters. The van der Waals surface area contributed by atoms with Crippen LogP contribution < -0.4 is 11.1 Å². The van der Waals surface area contributed by atoms with E-state index in [0.29, 0.717) is 19.0 Å². The number of carbonyl (C=O) groups is 1. The van der Waals surface area contributed by atoms with Crippen molar-refractivity contribution in [3.05, 3.63) is 23.9 Å². The van der Waals surface area contributed by atoms with Crippen LogP contribution in [0.5, 0.6) is 0 Å². The summed E-state index contributed by atoms with van der Waals surface area (Å²) in [6.07, 6.45) is 3.12. The largest absolute Gasteiger partial charge is 0.450 e. The van der Waals surface area contributed by atoms with Crippen LogP contribution in [0.2, 0.25) is 0 Å². The van der Waals surface area contributed by atoms with Crippen LogP contribution in [0.4, 0.5) is 10.6 Å². The van der Waals surface area contributed by atoms with Crippen molar-refractivity contribution in [3.63, 3.8) is 0 Å². The third kappa shape index (κ3) is 4.63. The molecule has 0 aliphatic carbocycles. The van der Waals surface area contributed by atoms with Crippen LogP contribution >= 0.6 is 0 Å². The second-order valence-electron chi connectivity index (χ2n) is 3.43. The topological polar surface area (TPSA) is 77.2 Å². The molecule has 0 saturated carbocycles. The number of alkyl carbamates (subject to hydrolysis) is 1. The summed E-state index contributed by atoms with van der Waals surface area (Å²) in [6.45, 7) is 2.90. The first-order chi connectivity index (χ1) is 7.72. The van der Waals surface area contributed by atoms with Gasteiger partial charge in [-0.1, -0.05) is 19.4 Å². The average molecular weight is 223 g/mol. The summed E-state index contributed by atoms with van der Waals surface area (Å²) in [5.74, 6) is 0.467. The molecule has 88 valence electrons. The predicted octanol–water partition coefficient (Wildman–Crippen LogP) is 1.69. The van der Waals surface area contributed by atoms with Gasteiger partial charge in [0.25, 0.3) is 0 Å². The van der Waals surface area contributed by atoms with Gasteiger partial charge in [-0.05, 0) is 18.1 Å². The van der Waals surface area contributed by atoms with Crippen LogP contribution in [0.15, 0.2) is 18.3 Å². The SMILES string of the molecule is CCCCOC(=O)NCc1ccc(N)nc1.